The normalized spacial score (nSPS) is 15.6. The lowest BCUT2D eigenvalue weighted by Gasteiger charge is -2.30. The van der Waals surface area contributed by atoms with Gasteiger partial charge < -0.3 is 9.47 Å². The molecule has 0 N–H and O–H groups in total. The Morgan fingerprint density at radius 3 is 2.60 bits per heavy atom. The molecule has 1 aliphatic heterocycles. The molecule has 0 saturated heterocycles. The van der Waals surface area contributed by atoms with E-state index < -0.39 is 0 Å². The minimum Gasteiger partial charge on any atom is -0.490 e. The fourth-order valence-corrected chi connectivity index (χ4v) is 7.64. The lowest BCUT2D eigenvalue weighted by molar-refractivity contribution is 0.269. The van der Waals surface area contributed by atoms with E-state index in [-0.39, 0.29) is 18.2 Å². The van der Waals surface area contributed by atoms with E-state index in [2.05, 4.69) is 52.3 Å². The average Bonchev–Trinajstić information content (AvgIpc) is 3.35. The molecule has 5 aromatic rings. The summed E-state index contributed by atoms with van der Waals surface area (Å²) in [6, 6.07) is 27.5. The van der Waals surface area contributed by atoms with Crippen molar-refractivity contribution in [1.29, 1.82) is 0 Å². The van der Waals surface area contributed by atoms with Crippen LogP contribution >= 0.6 is 50.5 Å². The first-order chi connectivity index (χ1) is 21.9. The zero-order chi connectivity index (χ0) is 31.1. The van der Waals surface area contributed by atoms with Crippen LogP contribution in [0, 0.1) is 0 Å². The molecule has 5 nitrogen and oxygen atoms in total. The number of nitrogens with zero attached hydrogens (tertiary/aromatic N) is 2. The Balaban J connectivity index is 1.30. The highest BCUT2D eigenvalue weighted by atomic mass is 79.9. The third-order valence-corrected chi connectivity index (χ3v) is 10.1. The number of thiazole rings is 1. The Bertz CT molecular complexity index is 2150. The molecule has 2 aliphatic rings. The molecule has 226 valence electrons. The second kappa shape index (κ2) is 12.6. The van der Waals surface area contributed by atoms with Crippen LogP contribution in [0.3, 0.4) is 0 Å². The number of allylic oxidation sites excluding steroid dienone is 1. The molecule has 45 heavy (non-hydrogen) atoms. The molecule has 1 aliphatic carbocycles. The fourth-order valence-electron chi connectivity index (χ4n) is 5.92. The van der Waals surface area contributed by atoms with Gasteiger partial charge in [0, 0.05) is 25.6 Å². The van der Waals surface area contributed by atoms with Crippen LogP contribution in [-0.2, 0) is 13.0 Å². The van der Waals surface area contributed by atoms with E-state index in [0.717, 1.165) is 45.3 Å². The molecule has 0 amide bonds. The highest BCUT2D eigenvalue weighted by Crippen LogP contribution is 2.41. The Morgan fingerprint density at radius 2 is 1.80 bits per heavy atom. The Labute approximate surface area is 282 Å². The number of hydrogen-bond acceptors (Lipinski definition) is 5. The molecule has 9 heteroatoms. The van der Waals surface area contributed by atoms with Crippen molar-refractivity contribution in [2.45, 2.75) is 32.4 Å². The molecular formula is C36H27BrCl2N2O3S. The summed E-state index contributed by atoms with van der Waals surface area (Å²) in [5.74, 6) is 1.17. The lowest BCUT2D eigenvalue weighted by Crippen LogP contribution is -2.38. The van der Waals surface area contributed by atoms with Crippen LogP contribution in [0.2, 0.25) is 10.0 Å². The first kappa shape index (κ1) is 30.1. The third-order valence-electron chi connectivity index (χ3n) is 8.02. The molecule has 0 radical (unpaired) electrons. The molecule has 4 aromatic carbocycles. The number of halogens is 3. The van der Waals surface area contributed by atoms with Gasteiger partial charge in [0.05, 0.1) is 22.9 Å². The van der Waals surface area contributed by atoms with Gasteiger partial charge in [-0.05, 0) is 84.5 Å². The quantitative estimate of drug-likeness (QED) is 0.170. The van der Waals surface area contributed by atoms with E-state index >= 15 is 0 Å². The van der Waals surface area contributed by atoms with Gasteiger partial charge in [-0.3, -0.25) is 9.36 Å². The Kier molecular flexibility index (Phi) is 8.44. The first-order valence-corrected chi connectivity index (χ1v) is 17.0. The van der Waals surface area contributed by atoms with Crippen LogP contribution in [-0.4, -0.2) is 11.2 Å². The summed E-state index contributed by atoms with van der Waals surface area (Å²) in [6.07, 6.45) is 3.67. The first-order valence-electron chi connectivity index (χ1n) is 14.6. The third kappa shape index (κ3) is 5.90. The topological polar surface area (TPSA) is 52.8 Å². The van der Waals surface area contributed by atoms with Gasteiger partial charge in [0.25, 0.3) is 5.56 Å². The van der Waals surface area contributed by atoms with Gasteiger partial charge in [0.1, 0.15) is 6.61 Å². The molecule has 0 bridgehead atoms. The summed E-state index contributed by atoms with van der Waals surface area (Å²) in [7, 11) is 0. The summed E-state index contributed by atoms with van der Waals surface area (Å²) in [6.45, 7) is 2.65. The van der Waals surface area contributed by atoms with Crippen molar-refractivity contribution >= 4 is 62.2 Å². The highest BCUT2D eigenvalue weighted by molar-refractivity contribution is 9.10. The SMILES string of the molecule is CCOc1cc(/C=c2\sc3n(c2=O)[C@@H](c2ccc(Br)cc2)C2=C(N=3)c3ccccc3CC2)ccc1OCc1ccc(Cl)cc1Cl. The van der Waals surface area contributed by atoms with Crippen molar-refractivity contribution in [3.8, 4) is 11.5 Å². The highest BCUT2D eigenvalue weighted by Gasteiger charge is 2.32. The maximum Gasteiger partial charge on any atom is 0.271 e. The van der Waals surface area contributed by atoms with Gasteiger partial charge in [0.2, 0.25) is 0 Å². The minimum absolute atomic E-state index is 0.0623. The molecule has 0 unspecified atom stereocenters. The summed E-state index contributed by atoms with van der Waals surface area (Å²) < 4.78 is 15.5. The van der Waals surface area contributed by atoms with Crippen molar-refractivity contribution in [3.05, 3.63) is 153 Å². The van der Waals surface area contributed by atoms with Crippen LogP contribution in [0.1, 0.15) is 47.2 Å². The molecule has 0 saturated carbocycles. The van der Waals surface area contributed by atoms with Gasteiger partial charge in [-0.25, -0.2) is 4.99 Å². The summed E-state index contributed by atoms with van der Waals surface area (Å²) in [5.41, 5.74) is 7.25. The van der Waals surface area contributed by atoms with Crippen LogP contribution in [0.25, 0.3) is 11.8 Å². The van der Waals surface area contributed by atoms with E-state index in [1.165, 1.54) is 22.5 Å². The van der Waals surface area contributed by atoms with Crippen LogP contribution in [0.5, 0.6) is 11.5 Å². The number of aromatic nitrogens is 1. The number of rotatable bonds is 7. The monoisotopic (exact) mass is 716 g/mol. The van der Waals surface area contributed by atoms with Crippen LogP contribution < -0.4 is 24.4 Å². The van der Waals surface area contributed by atoms with E-state index in [1.54, 1.807) is 12.1 Å². The predicted molar refractivity (Wildman–Crippen MR) is 185 cm³/mol. The molecular weight excluding hydrogens is 691 g/mol. The lowest BCUT2D eigenvalue weighted by atomic mass is 9.83. The summed E-state index contributed by atoms with van der Waals surface area (Å²) >= 11 is 17.4. The number of ether oxygens (including phenoxy) is 2. The van der Waals surface area contributed by atoms with Gasteiger partial charge >= 0.3 is 0 Å². The Hall–Kier alpha value is -3.62. The number of aryl methyl sites for hydroxylation is 1. The van der Waals surface area contributed by atoms with Gasteiger partial charge in [-0.1, -0.05) is 99.0 Å². The standard InChI is InChI=1S/C36H27BrCl2N2O3S/c1-2-43-31-17-21(7-16-30(31)44-20-24-10-14-26(38)19-29(24)39)18-32-35(42)41-34(23-8-12-25(37)13-9-23)28-15-11-22-5-3-4-6-27(22)33(28)40-36(41)45-32/h3-10,12-14,16-19,34H,2,11,15,20H2,1H3/b32-18-/t34-/m0/s1. The van der Waals surface area contributed by atoms with E-state index in [9.17, 15) is 4.79 Å². The maximum atomic E-state index is 14.2. The molecule has 1 aromatic heterocycles. The van der Waals surface area contributed by atoms with E-state index in [1.807, 2.05) is 54.0 Å². The predicted octanol–water partition coefficient (Wildman–Crippen LogP) is 8.37. The number of hydrogen-bond donors (Lipinski definition) is 0. The van der Waals surface area contributed by atoms with Crippen molar-refractivity contribution < 1.29 is 9.47 Å². The average molecular weight is 718 g/mol. The number of benzene rings is 4. The molecule has 1 atom stereocenters. The van der Waals surface area contributed by atoms with Crippen molar-refractivity contribution in [1.82, 2.24) is 4.57 Å². The zero-order valence-electron chi connectivity index (χ0n) is 24.2. The zero-order valence-corrected chi connectivity index (χ0v) is 28.1. The summed E-state index contributed by atoms with van der Waals surface area (Å²) in [5, 5.41) is 1.11. The second-order valence-corrected chi connectivity index (χ2v) is 13.6. The molecule has 0 fully saturated rings. The maximum absolute atomic E-state index is 14.2. The molecule has 0 spiro atoms. The van der Waals surface area contributed by atoms with Gasteiger partial charge in [-0.15, -0.1) is 0 Å². The smallest absolute Gasteiger partial charge is 0.271 e. The van der Waals surface area contributed by atoms with Crippen LogP contribution in [0.15, 0.2) is 105 Å². The molecule has 7 rings (SSSR count). The van der Waals surface area contributed by atoms with Crippen molar-refractivity contribution in [2.75, 3.05) is 6.61 Å². The summed E-state index contributed by atoms with van der Waals surface area (Å²) in [4.78, 5) is 20.0. The fraction of sp³-hybridized carbons (Fsp3) is 0.167. The minimum atomic E-state index is -0.227. The Morgan fingerprint density at radius 1 is 0.978 bits per heavy atom. The van der Waals surface area contributed by atoms with Crippen molar-refractivity contribution in [3.63, 3.8) is 0 Å². The van der Waals surface area contributed by atoms with E-state index in [4.69, 9.17) is 37.7 Å². The van der Waals surface area contributed by atoms with Gasteiger partial charge in [0.15, 0.2) is 16.3 Å². The largest absolute Gasteiger partial charge is 0.490 e. The van der Waals surface area contributed by atoms with Crippen molar-refractivity contribution in [2.24, 2.45) is 4.99 Å². The second-order valence-electron chi connectivity index (χ2n) is 10.8. The number of fused-ring (bicyclic) bond motifs is 3. The van der Waals surface area contributed by atoms with Crippen LogP contribution in [0.4, 0.5) is 0 Å². The molecule has 2 heterocycles. The van der Waals surface area contributed by atoms with E-state index in [0.29, 0.717) is 37.5 Å². The van der Waals surface area contributed by atoms with Gasteiger partial charge in [-0.2, -0.15) is 0 Å².